The summed E-state index contributed by atoms with van der Waals surface area (Å²) in [6.45, 7) is 3.60. The highest BCUT2D eigenvalue weighted by Gasteiger charge is 2.17. The van der Waals surface area contributed by atoms with Crippen LogP contribution in [0.5, 0.6) is 5.75 Å². The van der Waals surface area contributed by atoms with E-state index in [1.165, 1.54) is 0 Å². The second-order valence-electron chi connectivity index (χ2n) is 6.47. The molecule has 1 N–H and O–H groups in total. The SMILES string of the molecule is COc1ccc(-c2n[nH]c3ccnc(-c4cccc(C(C)=O)c4)c23)c(C)c1. The Hall–Kier alpha value is -3.47. The van der Waals surface area contributed by atoms with Crippen molar-refractivity contribution in [3.8, 4) is 28.3 Å². The first-order valence-corrected chi connectivity index (χ1v) is 8.68. The van der Waals surface area contributed by atoms with Crippen LogP contribution < -0.4 is 4.74 Å². The number of carbonyl (C=O) groups excluding carboxylic acids is 1. The van der Waals surface area contributed by atoms with E-state index in [0.29, 0.717) is 5.56 Å². The van der Waals surface area contributed by atoms with Crippen LogP contribution in [-0.4, -0.2) is 28.1 Å². The number of carbonyl (C=O) groups is 1. The van der Waals surface area contributed by atoms with Gasteiger partial charge in [0, 0.05) is 22.9 Å². The maximum Gasteiger partial charge on any atom is 0.159 e. The van der Waals surface area contributed by atoms with Gasteiger partial charge in [-0.05, 0) is 49.7 Å². The molecule has 5 nitrogen and oxygen atoms in total. The summed E-state index contributed by atoms with van der Waals surface area (Å²) < 4.78 is 5.31. The van der Waals surface area contributed by atoms with Gasteiger partial charge in [0.2, 0.25) is 0 Å². The molecule has 0 atom stereocenters. The molecule has 4 rings (SSSR count). The Morgan fingerprint density at radius 2 is 1.93 bits per heavy atom. The smallest absolute Gasteiger partial charge is 0.159 e. The first-order valence-electron chi connectivity index (χ1n) is 8.68. The number of nitrogens with zero attached hydrogens (tertiary/aromatic N) is 2. The van der Waals surface area contributed by atoms with Crippen LogP contribution >= 0.6 is 0 Å². The zero-order chi connectivity index (χ0) is 19.0. The number of ether oxygens (including phenoxy) is 1. The molecule has 0 saturated carbocycles. The minimum absolute atomic E-state index is 0.0300. The van der Waals surface area contributed by atoms with Gasteiger partial charge in [-0.15, -0.1) is 0 Å². The Bertz CT molecular complexity index is 1160. The average molecular weight is 357 g/mol. The zero-order valence-electron chi connectivity index (χ0n) is 15.4. The Morgan fingerprint density at radius 1 is 1.07 bits per heavy atom. The van der Waals surface area contributed by atoms with Gasteiger partial charge in [-0.2, -0.15) is 5.10 Å². The molecule has 2 heterocycles. The molecule has 0 unspecified atom stereocenters. The van der Waals surface area contributed by atoms with Gasteiger partial charge in [-0.25, -0.2) is 0 Å². The fourth-order valence-electron chi connectivity index (χ4n) is 3.29. The lowest BCUT2D eigenvalue weighted by atomic mass is 9.98. The number of Topliss-reactive ketones (excluding diaryl/α,β-unsaturated/α-hetero) is 1. The number of hydrogen-bond donors (Lipinski definition) is 1. The van der Waals surface area contributed by atoms with Crippen molar-refractivity contribution in [2.45, 2.75) is 13.8 Å². The average Bonchev–Trinajstić information content (AvgIpc) is 3.12. The number of aryl methyl sites for hydroxylation is 1. The van der Waals surface area contributed by atoms with Gasteiger partial charge < -0.3 is 4.74 Å². The van der Waals surface area contributed by atoms with Crippen molar-refractivity contribution in [3.63, 3.8) is 0 Å². The fraction of sp³-hybridized carbons (Fsp3) is 0.136. The molecule has 0 radical (unpaired) electrons. The summed E-state index contributed by atoms with van der Waals surface area (Å²) in [5.74, 6) is 0.839. The minimum Gasteiger partial charge on any atom is -0.497 e. The van der Waals surface area contributed by atoms with Crippen LogP contribution in [0.3, 0.4) is 0 Å². The van der Waals surface area contributed by atoms with E-state index in [9.17, 15) is 4.79 Å². The van der Waals surface area contributed by atoms with Crippen molar-refractivity contribution < 1.29 is 9.53 Å². The number of rotatable bonds is 4. The summed E-state index contributed by atoms with van der Waals surface area (Å²) in [6.07, 6.45) is 1.75. The third kappa shape index (κ3) is 2.97. The number of pyridine rings is 1. The molecule has 5 heteroatoms. The second kappa shape index (κ2) is 6.68. The Balaban J connectivity index is 1.96. The minimum atomic E-state index is 0.0300. The molecule has 134 valence electrons. The molecule has 0 aliphatic carbocycles. The summed E-state index contributed by atoms with van der Waals surface area (Å²) in [5.41, 5.74) is 6.17. The molecule has 27 heavy (non-hydrogen) atoms. The highest BCUT2D eigenvalue weighted by atomic mass is 16.5. The topological polar surface area (TPSA) is 67.9 Å². The lowest BCUT2D eigenvalue weighted by Crippen LogP contribution is -1.94. The standard InChI is InChI=1S/C22H19N3O2/c1-13-11-17(27-3)7-8-18(13)22-20-19(24-25-22)9-10-23-21(20)16-6-4-5-15(12-16)14(2)26/h4-12H,1-3H3,(H,24,25). The molecular formula is C22H19N3O2. The highest BCUT2D eigenvalue weighted by molar-refractivity contribution is 6.03. The van der Waals surface area contributed by atoms with Crippen LogP contribution in [0, 0.1) is 6.92 Å². The summed E-state index contributed by atoms with van der Waals surface area (Å²) >= 11 is 0. The van der Waals surface area contributed by atoms with Gasteiger partial charge >= 0.3 is 0 Å². The molecule has 0 aliphatic heterocycles. The number of benzene rings is 2. The van der Waals surface area contributed by atoms with Gasteiger partial charge in [-0.1, -0.05) is 18.2 Å². The van der Waals surface area contributed by atoms with E-state index >= 15 is 0 Å². The van der Waals surface area contributed by atoms with Gasteiger partial charge in [-0.3, -0.25) is 14.9 Å². The van der Waals surface area contributed by atoms with Crippen molar-refractivity contribution in [2.24, 2.45) is 0 Å². The van der Waals surface area contributed by atoms with Gasteiger partial charge in [0.1, 0.15) is 11.4 Å². The van der Waals surface area contributed by atoms with E-state index in [4.69, 9.17) is 4.74 Å². The van der Waals surface area contributed by atoms with Crippen molar-refractivity contribution in [2.75, 3.05) is 7.11 Å². The fourth-order valence-corrected chi connectivity index (χ4v) is 3.29. The molecule has 0 spiro atoms. The van der Waals surface area contributed by atoms with Crippen LogP contribution in [-0.2, 0) is 0 Å². The second-order valence-corrected chi connectivity index (χ2v) is 6.47. The van der Waals surface area contributed by atoms with Crippen LogP contribution in [0.2, 0.25) is 0 Å². The first-order chi connectivity index (χ1) is 13.1. The van der Waals surface area contributed by atoms with Crippen molar-refractivity contribution >= 4 is 16.7 Å². The van der Waals surface area contributed by atoms with Gasteiger partial charge in [0.15, 0.2) is 5.78 Å². The van der Waals surface area contributed by atoms with Crippen molar-refractivity contribution in [1.29, 1.82) is 0 Å². The predicted molar refractivity (Wildman–Crippen MR) is 106 cm³/mol. The van der Waals surface area contributed by atoms with Crippen molar-refractivity contribution in [1.82, 2.24) is 15.2 Å². The molecule has 0 bridgehead atoms. The summed E-state index contributed by atoms with van der Waals surface area (Å²) in [4.78, 5) is 16.4. The summed E-state index contributed by atoms with van der Waals surface area (Å²) in [6, 6.07) is 15.4. The first kappa shape index (κ1) is 17.0. The lowest BCUT2D eigenvalue weighted by Gasteiger charge is -2.09. The zero-order valence-corrected chi connectivity index (χ0v) is 15.4. The number of nitrogens with one attached hydrogen (secondary N) is 1. The largest absolute Gasteiger partial charge is 0.497 e. The molecule has 0 aliphatic rings. The Morgan fingerprint density at radius 3 is 2.67 bits per heavy atom. The van der Waals surface area contributed by atoms with Gasteiger partial charge in [0.05, 0.1) is 23.7 Å². The number of fused-ring (bicyclic) bond motifs is 1. The Labute approximate surface area is 157 Å². The van der Waals surface area contributed by atoms with E-state index < -0.39 is 0 Å². The predicted octanol–water partition coefficient (Wildman–Crippen LogP) is 4.81. The monoisotopic (exact) mass is 357 g/mol. The molecule has 0 saturated heterocycles. The number of methoxy groups -OCH3 is 1. The molecular weight excluding hydrogens is 338 g/mol. The Kier molecular flexibility index (Phi) is 4.20. The summed E-state index contributed by atoms with van der Waals surface area (Å²) in [5, 5.41) is 8.59. The number of ketones is 1. The maximum absolute atomic E-state index is 11.8. The third-order valence-corrected chi connectivity index (χ3v) is 4.71. The number of hydrogen-bond acceptors (Lipinski definition) is 4. The van der Waals surface area contributed by atoms with E-state index in [-0.39, 0.29) is 5.78 Å². The van der Waals surface area contributed by atoms with Gasteiger partial charge in [0.25, 0.3) is 0 Å². The van der Waals surface area contributed by atoms with E-state index in [1.54, 1.807) is 20.2 Å². The van der Waals surface area contributed by atoms with Crippen LogP contribution in [0.4, 0.5) is 0 Å². The summed E-state index contributed by atoms with van der Waals surface area (Å²) in [7, 11) is 1.66. The normalized spacial score (nSPS) is 10.9. The van der Waals surface area contributed by atoms with E-state index in [1.807, 2.05) is 55.5 Å². The van der Waals surface area contributed by atoms with E-state index in [0.717, 1.165) is 44.7 Å². The molecule has 4 aromatic rings. The molecule has 0 fully saturated rings. The van der Waals surface area contributed by atoms with Crippen LogP contribution in [0.25, 0.3) is 33.4 Å². The van der Waals surface area contributed by atoms with E-state index in [2.05, 4.69) is 15.2 Å². The quantitative estimate of drug-likeness (QED) is 0.532. The van der Waals surface area contributed by atoms with Crippen molar-refractivity contribution in [3.05, 3.63) is 65.9 Å². The van der Waals surface area contributed by atoms with Crippen LogP contribution in [0.15, 0.2) is 54.7 Å². The highest BCUT2D eigenvalue weighted by Crippen LogP contribution is 2.35. The molecule has 0 amide bonds. The van der Waals surface area contributed by atoms with Crippen LogP contribution in [0.1, 0.15) is 22.8 Å². The third-order valence-electron chi connectivity index (χ3n) is 4.71. The number of H-pyrrole nitrogens is 1. The molecule has 2 aromatic carbocycles. The number of aromatic nitrogens is 3. The maximum atomic E-state index is 11.8. The number of aromatic amines is 1. The molecule has 2 aromatic heterocycles. The lowest BCUT2D eigenvalue weighted by molar-refractivity contribution is 0.101.